The van der Waals surface area contributed by atoms with Crippen LogP contribution in [-0.4, -0.2) is 24.6 Å². The maximum absolute atomic E-state index is 12.8. The van der Waals surface area contributed by atoms with Crippen molar-refractivity contribution in [2.45, 2.75) is 64.8 Å². The van der Waals surface area contributed by atoms with Gasteiger partial charge in [0, 0.05) is 18.7 Å². The third-order valence-corrected chi connectivity index (χ3v) is 7.06. The Morgan fingerprint density at radius 2 is 1.85 bits per heavy atom. The van der Waals surface area contributed by atoms with E-state index in [9.17, 15) is 23.6 Å². The van der Waals surface area contributed by atoms with Crippen LogP contribution in [-0.2, 0) is 16.6 Å². The van der Waals surface area contributed by atoms with Crippen molar-refractivity contribution in [3.8, 4) is 11.9 Å². The van der Waals surface area contributed by atoms with Crippen LogP contribution in [0.2, 0.25) is 0 Å². The molecule has 1 heterocycles. The van der Waals surface area contributed by atoms with Crippen LogP contribution < -0.4 is 10.3 Å². The van der Waals surface area contributed by atoms with Crippen molar-refractivity contribution in [3.63, 3.8) is 0 Å². The van der Waals surface area contributed by atoms with Crippen molar-refractivity contribution in [2.24, 2.45) is 16.1 Å². The summed E-state index contributed by atoms with van der Waals surface area (Å²) in [6.07, 6.45) is 3.79. The van der Waals surface area contributed by atoms with Gasteiger partial charge in [-0.2, -0.15) is 10.4 Å². The number of benzene rings is 1. The van der Waals surface area contributed by atoms with Crippen LogP contribution in [0.15, 0.2) is 44.2 Å². The number of azo groups is 1. The molecule has 1 atom stereocenters. The van der Waals surface area contributed by atoms with E-state index in [1.54, 1.807) is 13.8 Å². The highest BCUT2D eigenvalue weighted by atomic mass is 32.2. The summed E-state index contributed by atoms with van der Waals surface area (Å²) in [6.45, 7) is 7.92. The number of pyridine rings is 1. The summed E-state index contributed by atoms with van der Waals surface area (Å²) in [5, 5.41) is 28.6. The minimum atomic E-state index is -3.58. The molecule has 0 amide bonds. The molecule has 0 aliphatic heterocycles. The molecular formula is C23H31N5O4S. The van der Waals surface area contributed by atoms with E-state index >= 15 is 0 Å². The van der Waals surface area contributed by atoms with Gasteiger partial charge in [0.25, 0.3) is 5.56 Å². The van der Waals surface area contributed by atoms with Crippen LogP contribution in [0.4, 0.5) is 11.4 Å². The quantitative estimate of drug-likeness (QED) is 0.457. The highest BCUT2D eigenvalue weighted by Gasteiger charge is 2.21. The lowest BCUT2D eigenvalue weighted by Gasteiger charge is -2.19. The molecule has 10 heteroatoms. The number of nitrogens with zero attached hydrogens (tertiary/aromatic N) is 4. The normalized spacial score (nSPS) is 12.7. The summed E-state index contributed by atoms with van der Waals surface area (Å²) in [7, 11) is -3.58. The van der Waals surface area contributed by atoms with Crippen molar-refractivity contribution in [1.29, 1.82) is 5.26 Å². The molecule has 0 fully saturated rings. The van der Waals surface area contributed by atoms with Gasteiger partial charge in [-0.3, -0.25) is 9.36 Å². The third-order valence-electron chi connectivity index (χ3n) is 5.50. The minimum Gasteiger partial charge on any atom is -0.493 e. The lowest BCUT2D eigenvalue weighted by Crippen LogP contribution is -2.27. The van der Waals surface area contributed by atoms with E-state index in [0.29, 0.717) is 5.69 Å². The van der Waals surface area contributed by atoms with Gasteiger partial charge in [-0.25, -0.2) is 13.1 Å². The third kappa shape index (κ3) is 6.27. The van der Waals surface area contributed by atoms with E-state index in [4.69, 9.17) is 0 Å². The van der Waals surface area contributed by atoms with Crippen LogP contribution in [0.3, 0.4) is 0 Å². The zero-order valence-corrected chi connectivity index (χ0v) is 20.3. The fraction of sp³-hybridized carbons (Fsp3) is 0.478. The molecule has 1 unspecified atom stereocenters. The number of nitrogens with one attached hydrogen (secondary N) is 1. The second kappa shape index (κ2) is 11.7. The molecule has 178 valence electrons. The average Bonchev–Trinajstić information content (AvgIpc) is 2.79. The van der Waals surface area contributed by atoms with Gasteiger partial charge in [-0.05, 0) is 43.5 Å². The standard InChI is InChI=1S/C23H31N5O4S/c1-5-8-9-17(6-2)15-28-22(29)20(14-24)16(4)21(23(28)30)27-26-18-10-12-19(13-11-18)33(31,32)25-7-3/h10-13,17,25,30H,5-9,15H2,1-4H3/b27-26+. The Labute approximate surface area is 194 Å². The van der Waals surface area contributed by atoms with Crippen LogP contribution >= 0.6 is 0 Å². The number of unbranched alkanes of at least 4 members (excludes halogenated alkanes) is 1. The molecule has 2 aromatic rings. The van der Waals surface area contributed by atoms with Crippen LogP contribution in [0.25, 0.3) is 0 Å². The Morgan fingerprint density at radius 1 is 1.18 bits per heavy atom. The molecule has 33 heavy (non-hydrogen) atoms. The van der Waals surface area contributed by atoms with Gasteiger partial charge in [0.2, 0.25) is 15.9 Å². The highest BCUT2D eigenvalue weighted by molar-refractivity contribution is 7.89. The number of aromatic nitrogens is 1. The van der Waals surface area contributed by atoms with E-state index in [1.165, 1.54) is 28.8 Å². The van der Waals surface area contributed by atoms with E-state index in [1.807, 2.05) is 13.0 Å². The second-order valence-electron chi connectivity index (χ2n) is 7.81. The van der Waals surface area contributed by atoms with Gasteiger partial charge < -0.3 is 5.11 Å². The fourth-order valence-corrected chi connectivity index (χ4v) is 4.52. The molecule has 2 rings (SSSR count). The summed E-state index contributed by atoms with van der Waals surface area (Å²) >= 11 is 0. The largest absolute Gasteiger partial charge is 0.493 e. The van der Waals surface area contributed by atoms with Gasteiger partial charge in [0.05, 0.1) is 10.6 Å². The Kier molecular flexibility index (Phi) is 9.32. The SMILES string of the molecule is CCCCC(CC)Cn1c(O)c(/N=N/c2ccc(S(=O)(=O)NCC)cc2)c(C)c(C#N)c1=O. The molecule has 0 spiro atoms. The van der Waals surface area contributed by atoms with Gasteiger partial charge in [-0.1, -0.05) is 40.0 Å². The topological polar surface area (TPSA) is 137 Å². The van der Waals surface area contributed by atoms with Crippen molar-refractivity contribution in [1.82, 2.24) is 9.29 Å². The molecule has 2 N–H and O–H groups in total. The summed E-state index contributed by atoms with van der Waals surface area (Å²) in [5.74, 6) is -0.152. The molecule has 9 nitrogen and oxygen atoms in total. The molecule has 0 aliphatic carbocycles. The van der Waals surface area contributed by atoms with Gasteiger partial charge in [0.1, 0.15) is 11.6 Å². The molecule has 0 saturated carbocycles. The lowest BCUT2D eigenvalue weighted by molar-refractivity contribution is 0.340. The zero-order chi connectivity index (χ0) is 24.6. The first-order valence-electron chi connectivity index (χ1n) is 11.1. The highest BCUT2D eigenvalue weighted by Crippen LogP contribution is 2.33. The smallest absolute Gasteiger partial charge is 0.271 e. The molecule has 0 aliphatic rings. The number of hydrogen-bond donors (Lipinski definition) is 2. The summed E-state index contributed by atoms with van der Waals surface area (Å²) in [6, 6.07) is 7.70. The molecule has 0 saturated heterocycles. The average molecular weight is 474 g/mol. The molecule has 0 bridgehead atoms. The summed E-state index contributed by atoms with van der Waals surface area (Å²) in [5.41, 5.74) is 0.0160. The van der Waals surface area contributed by atoms with Crippen molar-refractivity contribution >= 4 is 21.4 Å². The first-order chi connectivity index (χ1) is 15.7. The van der Waals surface area contributed by atoms with Crippen molar-refractivity contribution in [2.75, 3.05) is 6.54 Å². The van der Waals surface area contributed by atoms with E-state index in [2.05, 4.69) is 21.9 Å². The Morgan fingerprint density at radius 3 is 2.39 bits per heavy atom. The molecular weight excluding hydrogens is 442 g/mol. The maximum atomic E-state index is 12.8. The first-order valence-corrected chi connectivity index (χ1v) is 12.6. The lowest BCUT2D eigenvalue weighted by atomic mass is 9.99. The molecule has 1 aromatic carbocycles. The van der Waals surface area contributed by atoms with Gasteiger partial charge in [-0.15, -0.1) is 5.11 Å². The summed E-state index contributed by atoms with van der Waals surface area (Å²) < 4.78 is 27.8. The molecule has 0 radical (unpaired) electrons. The van der Waals surface area contributed by atoms with E-state index in [0.717, 1.165) is 25.7 Å². The first kappa shape index (κ1) is 26.2. The number of hydrogen-bond acceptors (Lipinski definition) is 7. The number of sulfonamides is 1. The predicted octanol–water partition coefficient (Wildman–Crippen LogP) is 4.66. The van der Waals surface area contributed by atoms with Crippen LogP contribution in [0, 0.1) is 24.2 Å². The Balaban J connectivity index is 2.45. The number of nitriles is 1. The Hall–Kier alpha value is -3.03. The van der Waals surface area contributed by atoms with Crippen LogP contribution in [0.5, 0.6) is 5.88 Å². The number of rotatable bonds is 11. The maximum Gasteiger partial charge on any atom is 0.271 e. The van der Waals surface area contributed by atoms with E-state index in [-0.39, 0.29) is 46.6 Å². The van der Waals surface area contributed by atoms with Gasteiger partial charge >= 0.3 is 0 Å². The van der Waals surface area contributed by atoms with Crippen molar-refractivity contribution in [3.05, 3.63) is 45.7 Å². The number of aromatic hydroxyl groups is 1. The minimum absolute atomic E-state index is 0.0424. The molecule has 1 aromatic heterocycles. The Bertz CT molecular complexity index is 1200. The van der Waals surface area contributed by atoms with Gasteiger partial charge in [0.15, 0.2) is 5.69 Å². The predicted molar refractivity (Wildman–Crippen MR) is 127 cm³/mol. The van der Waals surface area contributed by atoms with E-state index < -0.39 is 15.6 Å². The second-order valence-corrected chi connectivity index (χ2v) is 9.58. The fourth-order valence-electron chi connectivity index (χ4n) is 3.47. The van der Waals surface area contributed by atoms with Crippen LogP contribution in [0.1, 0.15) is 57.6 Å². The summed E-state index contributed by atoms with van der Waals surface area (Å²) in [4.78, 5) is 12.9. The monoisotopic (exact) mass is 473 g/mol. The van der Waals surface area contributed by atoms with Crippen molar-refractivity contribution < 1.29 is 13.5 Å². The zero-order valence-electron chi connectivity index (χ0n) is 19.5.